The van der Waals surface area contributed by atoms with Crippen LogP contribution in [0.1, 0.15) is 23.9 Å². The predicted molar refractivity (Wildman–Crippen MR) is 119 cm³/mol. The van der Waals surface area contributed by atoms with Gasteiger partial charge < -0.3 is 9.47 Å². The van der Waals surface area contributed by atoms with E-state index in [4.69, 9.17) is 9.47 Å². The van der Waals surface area contributed by atoms with Crippen molar-refractivity contribution in [2.45, 2.75) is 25.7 Å². The molecule has 33 heavy (non-hydrogen) atoms. The Balaban J connectivity index is 1.89. The van der Waals surface area contributed by atoms with E-state index in [0.717, 1.165) is 19.3 Å². The molecule has 0 fully saturated rings. The molecular weight excluding hydrogens is 452 g/mol. The van der Waals surface area contributed by atoms with Crippen LogP contribution in [-0.2, 0) is 28.8 Å². The second-order valence-electron chi connectivity index (χ2n) is 7.64. The number of hydrogen-bond donors (Lipinski definition) is 0. The first-order valence-electron chi connectivity index (χ1n) is 10.0. The van der Waals surface area contributed by atoms with Crippen molar-refractivity contribution in [1.29, 1.82) is 0 Å². The molecule has 0 radical (unpaired) electrons. The molecule has 0 amide bonds. The summed E-state index contributed by atoms with van der Waals surface area (Å²) < 4.78 is 66.7. The fraction of sp³-hybridized carbons (Fsp3) is 0.304. The lowest BCUT2D eigenvalue weighted by Crippen LogP contribution is -2.39. The molecule has 1 aromatic heterocycles. The van der Waals surface area contributed by atoms with Crippen LogP contribution < -0.4 is 9.47 Å². The lowest BCUT2D eigenvalue weighted by atomic mass is 10.1. The molecule has 3 rings (SSSR count). The molecule has 2 aromatic carbocycles. The summed E-state index contributed by atoms with van der Waals surface area (Å²) in [6.07, 6.45) is 1.61. The van der Waals surface area contributed by atoms with E-state index in [1.807, 2.05) is 0 Å². The van der Waals surface area contributed by atoms with Gasteiger partial charge in [-0.05, 0) is 42.3 Å². The largest absolute Gasteiger partial charge is 0.497 e. The Hall–Kier alpha value is -3.11. The number of nitrogens with zero attached hydrogens (tertiary/aromatic N) is 3. The highest BCUT2D eigenvalue weighted by molar-refractivity contribution is 7.89. The number of aromatic nitrogens is 2. The number of sulfonamides is 1. The van der Waals surface area contributed by atoms with Crippen LogP contribution in [0.15, 0.2) is 60.9 Å². The minimum absolute atomic E-state index is 0.0126. The maximum atomic E-state index is 15.4. The van der Waals surface area contributed by atoms with Gasteiger partial charge in [0.15, 0.2) is 17.3 Å². The highest BCUT2D eigenvalue weighted by Gasteiger charge is 2.38. The zero-order chi connectivity index (χ0) is 24.1. The molecule has 1 heterocycles. The zero-order valence-electron chi connectivity index (χ0n) is 18.5. The van der Waals surface area contributed by atoms with Gasteiger partial charge in [0, 0.05) is 13.1 Å². The second kappa shape index (κ2) is 10.2. The Morgan fingerprint density at radius 2 is 1.30 bits per heavy atom. The highest BCUT2D eigenvalue weighted by Crippen LogP contribution is 2.27. The van der Waals surface area contributed by atoms with Gasteiger partial charge in [0.2, 0.25) is 10.0 Å². The number of hydrogen-bond acceptors (Lipinski definition) is 6. The first-order valence-corrected chi connectivity index (χ1v) is 11.6. The van der Waals surface area contributed by atoms with Crippen LogP contribution in [0, 0.1) is 5.82 Å². The van der Waals surface area contributed by atoms with Crippen molar-refractivity contribution in [2.24, 2.45) is 0 Å². The molecule has 0 aliphatic heterocycles. The molecule has 0 spiro atoms. The third-order valence-electron chi connectivity index (χ3n) is 4.97. The number of alkyl halides is 1. The molecule has 10 heteroatoms. The molecule has 0 N–H and O–H groups in total. The van der Waals surface area contributed by atoms with Gasteiger partial charge in [0.05, 0.1) is 26.6 Å². The van der Waals surface area contributed by atoms with Crippen molar-refractivity contribution in [2.75, 3.05) is 20.0 Å². The average Bonchev–Trinajstić information content (AvgIpc) is 2.79. The summed E-state index contributed by atoms with van der Waals surface area (Å²) >= 11 is 0. The molecule has 0 bridgehead atoms. The van der Waals surface area contributed by atoms with Crippen molar-refractivity contribution in [3.8, 4) is 11.5 Å². The van der Waals surface area contributed by atoms with Gasteiger partial charge >= 0.3 is 0 Å². The van der Waals surface area contributed by atoms with E-state index in [1.54, 1.807) is 48.5 Å². The Morgan fingerprint density at radius 1 is 0.879 bits per heavy atom. The third-order valence-corrected chi connectivity index (χ3v) is 6.92. The first kappa shape index (κ1) is 24.5. The standard InChI is InChI=1S/C23H25F2N3O4S/c1-23(25,22-26-12-19(24)13-27-22)16-33(29,30)28(14-17-4-8-20(31-2)9-5-17)15-18-6-10-21(32-3)11-7-18/h4-13H,14-16H2,1-3H3/t23-/m0/s1. The molecule has 0 saturated heterocycles. The SMILES string of the molecule is COc1ccc(CN(Cc2ccc(OC)cc2)S(=O)(=O)C[C@](C)(F)c2ncc(F)cn2)cc1. The van der Waals surface area contributed by atoms with Gasteiger partial charge in [-0.2, -0.15) is 4.31 Å². The topological polar surface area (TPSA) is 81.6 Å². The van der Waals surface area contributed by atoms with Gasteiger partial charge in [0.25, 0.3) is 0 Å². The van der Waals surface area contributed by atoms with Gasteiger partial charge in [-0.3, -0.25) is 0 Å². The minimum Gasteiger partial charge on any atom is -0.497 e. The van der Waals surface area contributed by atoms with Crippen molar-refractivity contribution < 1.29 is 26.7 Å². The average molecular weight is 478 g/mol. The summed E-state index contributed by atoms with van der Waals surface area (Å²) in [6, 6.07) is 13.9. The van der Waals surface area contributed by atoms with Crippen LogP contribution in [0.25, 0.3) is 0 Å². The van der Waals surface area contributed by atoms with E-state index in [2.05, 4.69) is 9.97 Å². The van der Waals surface area contributed by atoms with E-state index in [9.17, 15) is 12.8 Å². The summed E-state index contributed by atoms with van der Waals surface area (Å²) in [5.41, 5.74) is -1.03. The fourth-order valence-electron chi connectivity index (χ4n) is 3.20. The summed E-state index contributed by atoms with van der Waals surface area (Å²) in [6.45, 7) is 1.09. The third kappa shape index (κ3) is 6.45. The summed E-state index contributed by atoms with van der Waals surface area (Å²) in [7, 11) is -1.07. The van der Waals surface area contributed by atoms with Crippen molar-refractivity contribution in [3.05, 3.63) is 83.7 Å². The van der Waals surface area contributed by atoms with Gasteiger partial charge in [-0.25, -0.2) is 27.2 Å². The Morgan fingerprint density at radius 3 is 1.70 bits per heavy atom. The number of rotatable bonds is 10. The quantitative estimate of drug-likeness (QED) is 0.441. The number of benzene rings is 2. The zero-order valence-corrected chi connectivity index (χ0v) is 19.4. The predicted octanol–water partition coefficient (Wildman–Crippen LogP) is 3.85. The van der Waals surface area contributed by atoms with Gasteiger partial charge in [-0.15, -0.1) is 0 Å². The highest BCUT2D eigenvalue weighted by atomic mass is 32.2. The van der Waals surface area contributed by atoms with Crippen LogP contribution >= 0.6 is 0 Å². The van der Waals surface area contributed by atoms with Gasteiger partial charge in [0.1, 0.15) is 17.3 Å². The van der Waals surface area contributed by atoms with Crippen molar-refractivity contribution >= 4 is 10.0 Å². The molecule has 176 valence electrons. The summed E-state index contributed by atoms with van der Waals surface area (Å²) in [5.74, 6) is -0.779. The van der Waals surface area contributed by atoms with E-state index in [-0.39, 0.29) is 13.1 Å². The Labute approximate surface area is 192 Å². The Bertz CT molecular complexity index is 1100. The normalized spacial score (nSPS) is 13.5. The maximum Gasteiger partial charge on any atom is 0.218 e. The monoisotopic (exact) mass is 477 g/mol. The molecule has 0 unspecified atom stereocenters. The number of methoxy groups -OCH3 is 2. The van der Waals surface area contributed by atoms with Crippen LogP contribution in [0.3, 0.4) is 0 Å². The maximum absolute atomic E-state index is 15.4. The van der Waals surface area contributed by atoms with Gasteiger partial charge in [-0.1, -0.05) is 24.3 Å². The van der Waals surface area contributed by atoms with Crippen LogP contribution in [-0.4, -0.2) is 42.7 Å². The molecule has 0 saturated carbocycles. The number of ether oxygens (including phenoxy) is 2. The molecule has 0 aliphatic carbocycles. The summed E-state index contributed by atoms with van der Waals surface area (Å²) in [5, 5.41) is 0. The van der Waals surface area contributed by atoms with E-state index in [0.29, 0.717) is 22.6 Å². The molecule has 0 aliphatic rings. The first-order chi connectivity index (χ1) is 15.6. The summed E-state index contributed by atoms with van der Waals surface area (Å²) in [4.78, 5) is 7.26. The molecule has 3 aromatic rings. The van der Waals surface area contributed by atoms with E-state index >= 15 is 4.39 Å². The molecule has 7 nitrogen and oxygen atoms in total. The number of halogens is 2. The van der Waals surface area contributed by atoms with E-state index < -0.39 is 33.1 Å². The van der Waals surface area contributed by atoms with Crippen LogP contribution in [0.2, 0.25) is 0 Å². The van der Waals surface area contributed by atoms with E-state index in [1.165, 1.54) is 18.5 Å². The van der Waals surface area contributed by atoms with Crippen molar-refractivity contribution in [1.82, 2.24) is 14.3 Å². The van der Waals surface area contributed by atoms with Crippen molar-refractivity contribution in [3.63, 3.8) is 0 Å². The lowest BCUT2D eigenvalue weighted by Gasteiger charge is -2.26. The second-order valence-corrected chi connectivity index (χ2v) is 9.61. The Kier molecular flexibility index (Phi) is 7.60. The molecular formula is C23H25F2N3O4S. The van der Waals surface area contributed by atoms with Crippen LogP contribution in [0.4, 0.5) is 8.78 Å². The minimum atomic E-state index is -4.14. The fourth-order valence-corrected chi connectivity index (χ4v) is 4.89. The lowest BCUT2D eigenvalue weighted by molar-refractivity contribution is 0.205. The van der Waals surface area contributed by atoms with Crippen LogP contribution in [0.5, 0.6) is 11.5 Å². The smallest absolute Gasteiger partial charge is 0.218 e. The molecule has 1 atom stereocenters.